The summed E-state index contributed by atoms with van der Waals surface area (Å²) in [4.78, 5) is 11.7. The third-order valence-electron chi connectivity index (χ3n) is 1.67. The Morgan fingerprint density at radius 3 is 2.44 bits per heavy atom. The first-order chi connectivity index (χ1) is 7.27. The average molecular weight is 249 g/mol. The number of alkyl halides is 2. The van der Waals surface area contributed by atoms with E-state index in [1.807, 2.05) is 0 Å². The first kappa shape index (κ1) is 12.3. The van der Waals surface area contributed by atoms with E-state index in [0.29, 0.717) is 6.07 Å². The molecule has 0 amide bonds. The lowest BCUT2D eigenvalue weighted by atomic mass is 10.2. The second kappa shape index (κ2) is 3.99. The number of nitrogens with zero attached hydrogens (tertiary/aromatic N) is 1. The van der Waals surface area contributed by atoms with E-state index in [9.17, 15) is 22.0 Å². The molecule has 6 nitrogen and oxygen atoms in total. The number of pyridine rings is 1. The molecule has 0 saturated carbocycles. The minimum absolute atomic E-state index is 0.486. The number of nitrogens with one attached hydrogen (secondary N) is 1. The molecular weight excluding hydrogens is 244 g/mol. The van der Waals surface area contributed by atoms with Crippen LogP contribution < -0.4 is 10.7 Å². The number of halogens is 2. The highest BCUT2D eigenvalue weighted by molar-refractivity contribution is 7.89. The van der Waals surface area contributed by atoms with Crippen molar-refractivity contribution in [1.29, 1.82) is 5.26 Å². The van der Waals surface area contributed by atoms with Crippen molar-refractivity contribution in [2.45, 2.75) is 11.3 Å². The maximum atomic E-state index is 12.4. The summed E-state index contributed by atoms with van der Waals surface area (Å²) in [5.41, 5.74) is -2.98. The van der Waals surface area contributed by atoms with Crippen molar-refractivity contribution < 1.29 is 17.2 Å². The van der Waals surface area contributed by atoms with E-state index in [-0.39, 0.29) is 0 Å². The summed E-state index contributed by atoms with van der Waals surface area (Å²) in [7, 11) is -4.40. The van der Waals surface area contributed by atoms with Gasteiger partial charge in [-0.25, -0.2) is 22.3 Å². The van der Waals surface area contributed by atoms with Gasteiger partial charge < -0.3 is 4.98 Å². The molecule has 1 aromatic rings. The molecule has 0 unspecified atom stereocenters. The number of rotatable bonds is 2. The number of aromatic nitrogens is 1. The predicted molar refractivity (Wildman–Crippen MR) is 48.1 cm³/mol. The normalized spacial score (nSPS) is 11.4. The number of nitriles is 1. The Bertz CT molecular complexity index is 615. The molecule has 0 spiro atoms. The van der Waals surface area contributed by atoms with E-state index in [2.05, 4.69) is 0 Å². The Labute approximate surface area is 88.4 Å². The first-order valence-electron chi connectivity index (χ1n) is 3.75. The van der Waals surface area contributed by atoms with Gasteiger partial charge in [-0.15, -0.1) is 0 Å². The molecule has 0 aliphatic rings. The molecule has 1 heterocycles. The number of nitrogens with two attached hydrogens (primary N) is 1. The van der Waals surface area contributed by atoms with Gasteiger partial charge in [0.15, 0.2) is 0 Å². The van der Waals surface area contributed by atoms with Crippen molar-refractivity contribution in [2.24, 2.45) is 5.14 Å². The highest BCUT2D eigenvalue weighted by Gasteiger charge is 2.23. The van der Waals surface area contributed by atoms with Crippen LogP contribution in [-0.2, 0) is 10.0 Å². The summed E-state index contributed by atoms with van der Waals surface area (Å²) in [6.45, 7) is 0. The summed E-state index contributed by atoms with van der Waals surface area (Å²) in [5.74, 6) is 0. The van der Waals surface area contributed by atoms with Crippen molar-refractivity contribution in [1.82, 2.24) is 4.98 Å². The van der Waals surface area contributed by atoms with Crippen LogP contribution in [0, 0.1) is 11.3 Å². The van der Waals surface area contributed by atoms with Crippen LogP contribution in [0.2, 0.25) is 0 Å². The van der Waals surface area contributed by atoms with Crippen LogP contribution in [0.5, 0.6) is 0 Å². The molecule has 0 aliphatic heterocycles. The second-order valence-corrected chi connectivity index (χ2v) is 4.27. The highest BCUT2D eigenvalue weighted by Crippen LogP contribution is 2.23. The van der Waals surface area contributed by atoms with Gasteiger partial charge in [0.25, 0.3) is 6.43 Å². The average Bonchev–Trinajstić information content (AvgIpc) is 2.14. The molecule has 0 fully saturated rings. The SMILES string of the molecule is N#Cc1c(S(N)(=O)=O)cc(=O)[nH]c1C(F)F. The Morgan fingerprint density at radius 1 is 1.50 bits per heavy atom. The zero-order valence-corrected chi connectivity index (χ0v) is 8.38. The molecule has 0 aliphatic carbocycles. The van der Waals surface area contributed by atoms with Gasteiger partial charge in [-0.2, -0.15) is 5.26 Å². The Morgan fingerprint density at radius 2 is 2.06 bits per heavy atom. The van der Waals surface area contributed by atoms with Gasteiger partial charge in [0.2, 0.25) is 15.6 Å². The lowest BCUT2D eigenvalue weighted by molar-refractivity contribution is 0.145. The van der Waals surface area contributed by atoms with E-state index >= 15 is 0 Å². The van der Waals surface area contributed by atoms with Crippen LogP contribution in [0.15, 0.2) is 15.8 Å². The van der Waals surface area contributed by atoms with Crippen molar-refractivity contribution in [3.8, 4) is 6.07 Å². The number of hydrogen-bond donors (Lipinski definition) is 2. The summed E-state index contributed by atoms with van der Waals surface area (Å²) in [6, 6.07) is 1.76. The van der Waals surface area contributed by atoms with Crippen LogP contribution in [0.4, 0.5) is 8.78 Å². The zero-order valence-electron chi connectivity index (χ0n) is 7.57. The summed E-state index contributed by atoms with van der Waals surface area (Å²) in [6.07, 6.45) is -3.18. The fraction of sp³-hybridized carbons (Fsp3) is 0.143. The lowest BCUT2D eigenvalue weighted by Gasteiger charge is -2.05. The van der Waals surface area contributed by atoms with Crippen LogP contribution in [0.25, 0.3) is 0 Å². The molecule has 0 saturated heterocycles. The van der Waals surface area contributed by atoms with Crippen molar-refractivity contribution in [3.05, 3.63) is 27.7 Å². The fourth-order valence-electron chi connectivity index (χ4n) is 1.06. The fourth-order valence-corrected chi connectivity index (χ4v) is 1.77. The third-order valence-corrected chi connectivity index (χ3v) is 2.61. The Hall–Kier alpha value is -1.79. The smallest absolute Gasteiger partial charge is 0.279 e. The van der Waals surface area contributed by atoms with E-state index in [0.717, 1.165) is 0 Å². The highest BCUT2D eigenvalue weighted by atomic mass is 32.2. The molecule has 0 radical (unpaired) electrons. The van der Waals surface area contributed by atoms with Gasteiger partial charge >= 0.3 is 0 Å². The molecule has 0 bridgehead atoms. The molecule has 0 aromatic carbocycles. The zero-order chi connectivity index (χ0) is 12.5. The van der Waals surface area contributed by atoms with Gasteiger partial charge in [-0.1, -0.05) is 0 Å². The third kappa shape index (κ3) is 2.23. The van der Waals surface area contributed by atoms with Crippen LogP contribution in [0.1, 0.15) is 17.7 Å². The number of sulfonamides is 1. The quantitative estimate of drug-likeness (QED) is 0.756. The lowest BCUT2D eigenvalue weighted by Crippen LogP contribution is -2.20. The molecule has 9 heteroatoms. The van der Waals surface area contributed by atoms with E-state index < -0.39 is 38.2 Å². The summed E-state index contributed by atoms with van der Waals surface area (Å²) >= 11 is 0. The number of H-pyrrole nitrogens is 1. The van der Waals surface area contributed by atoms with E-state index in [1.54, 1.807) is 4.98 Å². The topological polar surface area (TPSA) is 117 Å². The van der Waals surface area contributed by atoms with Crippen LogP contribution in [0.3, 0.4) is 0 Å². The molecule has 0 atom stereocenters. The maximum absolute atomic E-state index is 12.4. The van der Waals surface area contributed by atoms with Crippen LogP contribution >= 0.6 is 0 Å². The largest absolute Gasteiger partial charge is 0.320 e. The monoisotopic (exact) mass is 249 g/mol. The van der Waals surface area contributed by atoms with Crippen molar-refractivity contribution >= 4 is 10.0 Å². The minimum Gasteiger partial charge on any atom is -0.320 e. The van der Waals surface area contributed by atoms with Gasteiger partial charge in [-0.05, 0) is 0 Å². The van der Waals surface area contributed by atoms with Crippen molar-refractivity contribution in [3.63, 3.8) is 0 Å². The van der Waals surface area contributed by atoms with Gasteiger partial charge in [0.05, 0.1) is 5.56 Å². The molecule has 86 valence electrons. The predicted octanol–water partition coefficient (Wildman–Crippen LogP) is -0.168. The number of aromatic amines is 1. The molecule has 3 N–H and O–H groups in total. The summed E-state index contributed by atoms with van der Waals surface area (Å²) in [5, 5.41) is 13.3. The minimum atomic E-state index is -4.40. The van der Waals surface area contributed by atoms with Crippen molar-refractivity contribution in [2.75, 3.05) is 0 Å². The molecule has 16 heavy (non-hydrogen) atoms. The molecular formula is C7H5F2N3O3S. The maximum Gasteiger partial charge on any atom is 0.279 e. The standard InChI is InChI=1S/C7H5F2N3O3S/c8-7(9)6-3(2-10)4(16(11,14)15)1-5(13)12-6/h1,7H,(H,12,13)(H2,11,14,15). The molecule has 1 rings (SSSR count). The van der Waals surface area contributed by atoms with E-state index in [4.69, 9.17) is 10.4 Å². The van der Waals surface area contributed by atoms with Gasteiger partial charge in [0.1, 0.15) is 16.7 Å². The van der Waals surface area contributed by atoms with E-state index in [1.165, 1.54) is 6.07 Å². The van der Waals surface area contributed by atoms with Crippen LogP contribution in [-0.4, -0.2) is 13.4 Å². The van der Waals surface area contributed by atoms with Gasteiger partial charge in [0, 0.05) is 6.07 Å². The summed E-state index contributed by atoms with van der Waals surface area (Å²) < 4.78 is 46.7. The number of hydrogen-bond acceptors (Lipinski definition) is 4. The van der Waals surface area contributed by atoms with Gasteiger partial charge in [-0.3, -0.25) is 4.79 Å². The Balaban J connectivity index is 3.78. The first-order valence-corrected chi connectivity index (χ1v) is 5.30. The molecule has 1 aromatic heterocycles. The Kier molecular flexibility index (Phi) is 3.06. The number of primary sulfonamides is 1. The second-order valence-electron chi connectivity index (χ2n) is 2.74.